The molecule has 2 atom stereocenters. The predicted molar refractivity (Wildman–Crippen MR) is 154 cm³/mol. The van der Waals surface area contributed by atoms with Crippen LogP contribution in [-0.4, -0.2) is 38.8 Å². The molecule has 1 aromatic carbocycles. The van der Waals surface area contributed by atoms with E-state index in [2.05, 4.69) is 80.7 Å². The van der Waals surface area contributed by atoms with Crippen LogP contribution in [0.3, 0.4) is 0 Å². The van der Waals surface area contributed by atoms with Gasteiger partial charge in [-0.3, -0.25) is 0 Å². The number of hydrogen-bond donors (Lipinski definition) is 0. The van der Waals surface area contributed by atoms with Crippen molar-refractivity contribution in [1.82, 2.24) is 4.57 Å². The maximum atomic E-state index is 7.19. The van der Waals surface area contributed by atoms with Crippen molar-refractivity contribution in [1.29, 1.82) is 0 Å². The molecular formula is C30H51NO5Si. The van der Waals surface area contributed by atoms with E-state index in [4.69, 9.17) is 23.4 Å². The summed E-state index contributed by atoms with van der Waals surface area (Å²) < 4.78 is 34.5. The molecule has 0 amide bonds. The lowest BCUT2D eigenvalue weighted by molar-refractivity contribution is -0.0886. The maximum Gasteiger partial charge on any atom is 0.200 e. The molecule has 1 aliphatic heterocycles. The summed E-state index contributed by atoms with van der Waals surface area (Å²) in [7, 11) is 1.34. The van der Waals surface area contributed by atoms with E-state index in [1.54, 1.807) is 14.2 Å². The quantitative estimate of drug-likeness (QED) is 0.271. The van der Waals surface area contributed by atoms with Crippen molar-refractivity contribution in [3.05, 3.63) is 23.4 Å². The van der Waals surface area contributed by atoms with Crippen molar-refractivity contribution in [2.45, 2.75) is 130 Å². The summed E-state index contributed by atoms with van der Waals surface area (Å²) in [4.78, 5) is 0. The molecule has 0 radical (unpaired) electrons. The Balaban J connectivity index is 2.33. The molecule has 0 saturated heterocycles. The number of fused-ring (bicyclic) bond motifs is 3. The summed E-state index contributed by atoms with van der Waals surface area (Å²) >= 11 is 0. The van der Waals surface area contributed by atoms with Crippen molar-refractivity contribution in [3.63, 3.8) is 0 Å². The molecule has 1 aromatic heterocycles. The molecule has 37 heavy (non-hydrogen) atoms. The van der Waals surface area contributed by atoms with Gasteiger partial charge in [-0.2, -0.15) is 0 Å². The monoisotopic (exact) mass is 533 g/mol. The van der Waals surface area contributed by atoms with E-state index in [0.717, 1.165) is 40.1 Å². The van der Waals surface area contributed by atoms with Crippen LogP contribution in [0.4, 0.5) is 0 Å². The lowest BCUT2D eigenvalue weighted by atomic mass is 10.0. The van der Waals surface area contributed by atoms with Gasteiger partial charge >= 0.3 is 0 Å². The van der Waals surface area contributed by atoms with Crippen LogP contribution in [0.5, 0.6) is 11.5 Å². The standard InChI is InChI=1S/C30H51NO5Si/c1-18(2)35-26-16-25(36-30(9,10)11)28-22(17-34-37(19(3)4,20(5)6)21(7)8)27-23(32-12)14-15-24(33-13)29(27)31(26)28/h14-15,18-21,25-26H,16-17H2,1-13H3. The molecule has 3 rings (SSSR count). The van der Waals surface area contributed by atoms with Gasteiger partial charge in [0.05, 0.1) is 49.1 Å². The molecule has 0 N–H and O–H groups in total. The van der Waals surface area contributed by atoms with Crippen molar-refractivity contribution in [2.75, 3.05) is 14.2 Å². The van der Waals surface area contributed by atoms with Gasteiger partial charge in [-0.05, 0) is 63.4 Å². The average molecular weight is 534 g/mol. The summed E-state index contributed by atoms with van der Waals surface area (Å²) in [6, 6.07) is 3.98. The summed E-state index contributed by atoms with van der Waals surface area (Å²) in [5, 5.41) is 1.04. The van der Waals surface area contributed by atoms with Crippen LogP contribution in [0.15, 0.2) is 12.1 Å². The average Bonchev–Trinajstić information content (AvgIpc) is 3.27. The number of methoxy groups -OCH3 is 2. The number of ether oxygens (including phenoxy) is 4. The Labute approximate surface area is 226 Å². The normalized spacial score (nSPS) is 18.6. The van der Waals surface area contributed by atoms with Crippen LogP contribution in [-0.2, 0) is 20.5 Å². The SMILES string of the molecule is COc1ccc(OC)c2c1c(CO[Si](C(C)C)(C(C)C)C(C)C)c1n2C(OC(C)C)CC1OC(C)(C)C. The summed E-state index contributed by atoms with van der Waals surface area (Å²) in [6.45, 7) is 25.0. The van der Waals surface area contributed by atoms with Gasteiger partial charge in [0.2, 0.25) is 8.32 Å². The number of nitrogens with zero attached hydrogens (tertiary/aromatic N) is 1. The Morgan fingerprint density at radius 2 is 1.43 bits per heavy atom. The smallest absolute Gasteiger partial charge is 0.200 e. The van der Waals surface area contributed by atoms with Gasteiger partial charge in [0.1, 0.15) is 23.8 Å². The molecule has 2 aromatic rings. The molecule has 6 nitrogen and oxygen atoms in total. The van der Waals surface area contributed by atoms with Crippen LogP contribution in [0, 0.1) is 0 Å². The first-order valence-corrected chi connectivity index (χ1v) is 16.1. The van der Waals surface area contributed by atoms with Crippen LogP contribution < -0.4 is 9.47 Å². The third-order valence-electron chi connectivity index (χ3n) is 7.76. The van der Waals surface area contributed by atoms with E-state index in [0.29, 0.717) is 23.2 Å². The number of hydrogen-bond acceptors (Lipinski definition) is 5. The molecule has 2 heterocycles. The Morgan fingerprint density at radius 1 is 0.892 bits per heavy atom. The van der Waals surface area contributed by atoms with E-state index in [9.17, 15) is 0 Å². The Bertz CT molecular complexity index is 1040. The van der Waals surface area contributed by atoms with Crippen LogP contribution in [0.1, 0.15) is 106 Å². The first-order chi connectivity index (χ1) is 17.2. The highest BCUT2D eigenvalue weighted by molar-refractivity contribution is 6.77. The zero-order chi connectivity index (χ0) is 27.9. The summed E-state index contributed by atoms with van der Waals surface area (Å²) in [5.74, 6) is 1.62. The van der Waals surface area contributed by atoms with Gasteiger partial charge in [0.15, 0.2) is 0 Å². The van der Waals surface area contributed by atoms with Gasteiger partial charge in [0.25, 0.3) is 0 Å². The van der Waals surface area contributed by atoms with Crippen molar-refractivity contribution >= 4 is 19.2 Å². The maximum absolute atomic E-state index is 7.19. The molecule has 2 unspecified atom stereocenters. The first-order valence-electron chi connectivity index (χ1n) is 13.9. The van der Waals surface area contributed by atoms with Gasteiger partial charge in [-0.1, -0.05) is 41.5 Å². The fourth-order valence-electron chi connectivity index (χ4n) is 6.67. The van der Waals surface area contributed by atoms with E-state index in [1.807, 2.05) is 12.1 Å². The summed E-state index contributed by atoms with van der Waals surface area (Å²) in [5.41, 5.74) is 4.41. The minimum Gasteiger partial charge on any atom is -0.496 e. The van der Waals surface area contributed by atoms with Crippen LogP contribution >= 0.6 is 0 Å². The van der Waals surface area contributed by atoms with Gasteiger partial charge in [0, 0.05) is 12.0 Å². The van der Waals surface area contributed by atoms with Crippen molar-refractivity contribution in [3.8, 4) is 11.5 Å². The van der Waals surface area contributed by atoms with E-state index < -0.39 is 8.32 Å². The largest absolute Gasteiger partial charge is 0.496 e. The highest BCUT2D eigenvalue weighted by Gasteiger charge is 2.47. The minimum atomic E-state index is -2.12. The van der Waals surface area contributed by atoms with E-state index in [-0.39, 0.29) is 24.0 Å². The van der Waals surface area contributed by atoms with Crippen molar-refractivity contribution in [2.24, 2.45) is 0 Å². The van der Waals surface area contributed by atoms with E-state index in [1.165, 1.54) is 0 Å². The second-order valence-corrected chi connectivity index (χ2v) is 18.1. The molecule has 7 heteroatoms. The zero-order valence-corrected chi connectivity index (χ0v) is 26.5. The fourth-order valence-corrected chi connectivity index (χ4v) is 12.1. The van der Waals surface area contributed by atoms with Crippen LogP contribution in [0.2, 0.25) is 16.6 Å². The number of benzene rings is 1. The minimum absolute atomic E-state index is 0.0721. The second kappa shape index (κ2) is 11.3. The highest BCUT2D eigenvalue weighted by atomic mass is 28.4. The van der Waals surface area contributed by atoms with Gasteiger partial charge in [-0.25, -0.2) is 0 Å². The molecule has 0 spiro atoms. The molecule has 0 bridgehead atoms. The molecule has 210 valence electrons. The molecule has 0 aliphatic carbocycles. The second-order valence-electron chi connectivity index (χ2n) is 12.6. The molecular weight excluding hydrogens is 482 g/mol. The lowest BCUT2D eigenvalue weighted by Gasteiger charge is -2.42. The molecule has 1 aliphatic rings. The van der Waals surface area contributed by atoms with E-state index >= 15 is 0 Å². The van der Waals surface area contributed by atoms with Crippen LogP contribution in [0.25, 0.3) is 10.9 Å². The molecule has 0 fully saturated rings. The Hall–Kier alpha value is -1.54. The predicted octanol–water partition coefficient (Wildman–Crippen LogP) is 8.53. The van der Waals surface area contributed by atoms with Crippen molar-refractivity contribution < 1.29 is 23.4 Å². The topological polar surface area (TPSA) is 51.1 Å². The van der Waals surface area contributed by atoms with Gasteiger partial charge in [-0.15, -0.1) is 0 Å². The third-order valence-corrected chi connectivity index (χ3v) is 13.8. The Kier molecular flexibility index (Phi) is 9.15. The summed E-state index contributed by atoms with van der Waals surface area (Å²) in [6.07, 6.45) is 0.525. The van der Waals surface area contributed by atoms with Gasteiger partial charge < -0.3 is 27.9 Å². The third kappa shape index (κ3) is 5.61. The molecule has 0 saturated carbocycles. The fraction of sp³-hybridized carbons (Fsp3) is 0.733. The zero-order valence-electron chi connectivity index (χ0n) is 25.5. The Morgan fingerprint density at radius 3 is 1.89 bits per heavy atom. The number of aromatic nitrogens is 1. The highest BCUT2D eigenvalue weighted by Crippen LogP contribution is 2.52. The number of rotatable bonds is 11. The lowest BCUT2D eigenvalue weighted by Crippen LogP contribution is -2.47. The first kappa shape index (κ1) is 30.0.